The molecule has 0 aliphatic carbocycles. The fourth-order valence-electron chi connectivity index (χ4n) is 0.345. The highest BCUT2D eigenvalue weighted by molar-refractivity contribution is 5.85. The number of rotatable bonds is 0. The van der Waals surface area contributed by atoms with Crippen molar-refractivity contribution in [1.29, 1.82) is 0 Å². The lowest BCUT2D eigenvalue weighted by Crippen LogP contribution is -2.02. The van der Waals surface area contributed by atoms with Crippen LogP contribution < -0.4 is 0 Å². The van der Waals surface area contributed by atoms with Gasteiger partial charge in [-0.1, -0.05) is 5.16 Å². The first-order valence-corrected chi connectivity index (χ1v) is 2.07. The van der Waals surface area contributed by atoms with Crippen molar-refractivity contribution in [2.75, 3.05) is 6.54 Å². The molecular weight excluding hydrogens is 92.1 g/mol. The van der Waals surface area contributed by atoms with E-state index in [2.05, 4.69) is 15.0 Å². The van der Waals surface area contributed by atoms with Crippen molar-refractivity contribution in [3.05, 3.63) is 0 Å². The lowest BCUT2D eigenvalue weighted by molar-refractivity contribution is 0.337. The molecule has 0 atom stereocenters. The lowest BCUT2D eigenvalue weighted by atomic mass is 10.4. The number of hydrogen-bond acceptors (Lipinski definition) is 3. The molecule has 0 bridgehead atoms. The Hall–Kier alpha value is -0.860. The number of nitrogens with zero attached hydrogens (tertiary/aromatic N) is 2. The van der Waals surface area contributed by atoms with E-state index in [1.54, 1.807) is 0 Å². The van der Waals surface area contributed by atoms with E-state index in [-0.39, 0.29) is 0 Å². The Bertz CT molecular complexity index is 117. The van der Waals surface area contributed by atoms with Gasteiger partial charge >= 0.3 is 0 Å². The van der Waals surface area contributed by atoms with Crippen molar-refractivity contribution in [2.45, 2.75) is 6.92 Å². The summed E-state index contributed by atoms with van der Waals surface area (Å²) >= 11 is 0. The Morgan fingerprint density at radius 2 is 2.71 bits per heavy atom. The van der Waals surface area contributed by atoms with Gasteiger partial charge < -0.3 is 4.84 Å². The van der Waals surface area contributed by atoms with Crippen molar-refractivity contribution in [1.82, 2.24) is 0 Å². The Balaban J connectivity index is 2.50. The maximum Gasteiger partial charge on any atom is 0.207 e. The summed E-state index contributed by atoms with van der Waals surface area (Å²) in [5, 5.41) is 3.60. The van der Waals surface area contributed by atoms with Crippen LogP contribution in [0, 0.1) is 0 Å². The second-order valence-electron chi connectivity index (χ2n) is 1.38. The maximum atomic E-state index is 4.48. The van der Waals surface area contributed by atoms with Gasteiger partial charge in [-0.25, -0.2) is 4.99 Å². The third kappa shape index (κ3) is 0.994. The summed E-state index contributed by atoms with van der Waals surface area (Å²) in [4.78, 5) is 8.26. The zero-order valence-electron chi connectivity index (χ0n) is 4.09. The van der Waals surface area contributed by atoms with E-state index in [9.17, 15) is 0 Å². The van der Waals surface area contributed by atoms with Gasteiger partial charge in [-0.05, 0) is 6.92 Å². The minimum absolute atomic E-state index is 0.681. The van der Waals surface area contributed by atoms with Crippen LogP contribution >= 0.6 is 0 Å². The van der Waals surface area contributed by atoms with E-state index in [1.165, 1.54) is 6.40 Å². The Morgan fingerprint density at radius 1 is 1.86 bits per heavy atom. The average Bonchev–Trinajstić information content (AvgIpc) is 1.69. The monoisotopic (exact) mass is 98.0 g/mol. The molecule has 38 valence electrons. The van der Waals surface area contributed by atoms with E-state index in [4.69, 9.17) is 0 Å². The smallest absolute Gasteiger partial charge is 0.207 e. The van der Waals surface area contributed by atoms with E-state index in [1.807, 2.05) is 6.92 Å². The molecule has 0 N–H and O–H groups in total. The fraction of sp³-hybridized carbons (Fsp3) is 0.500. The van der Waals surface area contributed by atoms with Crippen LogP contribution in [0.3, 0.4) is 0 Å². The molecule has 1 aliphatic rings. The van der Waals surface area contributed by atoms with Crippen molar-refractivity contribution < 1.29 is 4.84 Å². The van der Waals surface area contributed by atoms with Gasteiger partial charge in [0.05, 0.1) is 12.3 Å². The highest BCUT2D eigenvalue weighted by Crippen LogP contribution is 1.85. The van der Waals surface area contributed by atoms with Crippen LogP contribution in [0.15, 0.2) is 10.1 Å². The summed E-state index contributed by atoms with van der Waals surface area (Å²) in [6.45, 7) is 2.55. The van der Waals surface area contributed by atoms with Crippen LogP contribution in [-0.4, -0.2) is 18.7 Å². The summed E-state index contributed by atoms with van der Waals surface area (Å²) in [6.07, 6.45) is 1.34. The molecule has 0 amide bonds. The molecule has 1 rings (SSSR count). The molecule has 3 heteroatoms. The van der Waals surface area contributed by atoms with Crippen molar-refractivity contribution in [3.8, 4) is 0 Å². The molecule has 0 saturated heterocycles. The highest BCUT2D eigenvalue weighted by Gasteiger charge is 1.91. The predicted octanol–water partition coefficient (Wildman–Crippen LogP) is 0.421. The van der Waals surface area contributed by atoms with E-state index in [0.29, 0.717) is 6.54 Å². The van der Waals surface area contributed by atoms with Gasteiger partial charge in [-0.3, -0.25) is 0 Å². The van der Waals surface area contributed by atoms with Gasteiger partial charge in [0.1, 0.15) is 0 Å². The van der Waals surface area contributed by atoms with Crippen LogP contribution in [-0.2, 0) is 4.84 Å². The second-order valence-corrected chi connectivity index (χ2v) is 1.38. The summed E-state index contributed by atoms with van der Waals surface area (Å²) < 4.78 is 0. The maximum absolute atomic E-state index is 4.48. The molecule has 1 heterocycles. The molecule has 0 radical (unpaired) electrons. The molecule has 0 aromatic carbocycles. The van der Waals surface area contributed by atoms with Gasteiger partial charge in [0.2, 0.25) is 6.40 Å². The van der Waals surface area contributed by atoms with E-state index >= 15 is 0 Å². The minimum Gasteiger partial charge on any atom is -0.345 e. The van der Waals surface area contributed by atoms with Gasteiger partial charge in [0.25, 0.3) is 0 Å². The van der Waals surface area contributed by atoms with Crippen LogP contribution in [0.2, 0.25) is 0 Å². The summed E-state index contributed by atoms with van der Waals surface area (Å²) in [6, 6.07) is 0. The molecule has 0 aromatic rings. The molecule has 0 spiro atoms. The number of hydrogen-bond donors (Lipinski definition) is 0. The van der Waals surface area contributed by atoms with Crippen LogP contribution in [0.25, 0.3) is 0 Å². The fourth-order valence-corrected chi connectivity index (χ4v) is 0.345. The van der Waals surface area contributed by atoms with Crippen LogP contribution in [0.1, 0.15) is 6.92 Å². The molecule has 0 unspecified atom stereocenters. The Morgan fingerprint density at radius 3 is 3.00 bits per heavy atom. The van der Waals surface area contributed by atoms with E-state index < -0.39 is 0 Å². The standard InChI is InChI=1S/C4H6N2O/c1-4-2-5-3-7-6-4/h3H,2H2,1H3. The molecule has 0 aromatic heterocycles. The summed E-state index contributed by atoms with van der Waals surface area (Å²) in [7, 11) is 0. The quantitative estimate of drug-likeness (QED) is 0.432. The van der Waals surface area contributed by atoms with Gasteiger partial charge in [0.15, 0.2) is 0 Å². The summed E-state index contributed by atoms with van der Waals surface area (Å²) in [5.41, 5.74) is 0.919. The second kappa shape index (κ2) is 1.73. The molecule has 1 aliphatic heterocycles. The van der Waals surface area contributed by atoms with Gasteiger partial charge in [0, 0.05) is 0 Å². The zero-order chi connectivity index (χ0) is 5.11. The Labute approximate surface area is 41.7 Å². The molecule has 0 fully saturated rings. The van der Waals surface area contributed by atoms with Crippen molar-refractivity contribution >= 4 is 12.1 Å². The van der Waals surface area contributed by atoms with Gasteiger partial charge in [-0.15, -0.1) is 0 Å². The first kappa shape index (κ1) is 4.30. The normalized spacial score (nSPS) is 18.1. The molecule has 7 heavy (non-hydrogen) atoms. The first-order chi connectivity index (χ1) is 3.39. The van der Waals surface area contributed by atoms with Crippen molar-refractivity contribution in [3.63, 3.8) is 0 Å². The van der Waals surface area contributed by atoms with E-state index in [0.717, 1.165) is 5.71 Å². The third-order valence-corrected chi connectivity index (χ3v) is 0.650. The third-order valence-electron chi connectivity index (χ3n) is 0.650. The van der Waals surface area contributed by atoms with Gasteiger partial charge in [-0.2, -0.15) is 0 Å². The zero-order valence-corrected chi connectivity index (χ0v) is 4.09. The van der Waals surface area contributed by atoms with Crippen LogP contribution in [0.5, 0.6) is 0 Å². The Kier molecular flexibility index (Phi) is 1.06. The lowest BCUT2D eigenvalue weighted by Gasteiger charge is -1.97. The minimum atomic E-state index is 0.681. The number of oxime groups is 1. The molecule has 3 nitrogen and oxygen atoms in total. The summed E-state index contributed by atoms with van der Waals surface area (Å²) in [5.74, 6) is 0. The van der Waals surface area contributed by atoms with Crippen LogP contribution in [0.4, 0.5) is 0 Å². The average molecular weight is 98.1 g/mol. The molecular formula is C4H6N2O. The number of aliphatic imine (C=N–C) groups is 1. The predicted molar refractivity (Wildman–Crippen MR) is 27.6 cm³/mol. The highest BCUT2D eigenvalue weighted by atomic mass is 16.6. The largest absolute Gasteiger partial charge is 0.345 e. The topological polar surface area (TPSA) is 34.0 Å². The first-order valence-electron chi connectivity index (χ1n) is 2.07. The van der Waals surface area contributed by atoms with Crippen molar-refractivity contribution in [2.24, 2.45) is 10.1 Å². The molecule has 0 saturated carbocycles. The SMILES string of the molecule is CC1=NOC=NC1.